The highest BCUT2D eigenvalue weighted by molar-refractivity contribution is 5.70. The second-order valence-corrected chi connectivity index (χ2v) is 4.32. The topological polar surface area (TPSA) is 64.4 Å². The van der Waals surface area contributed by atoms with E-state index in [1.165, 1.54) is 25.3 Å². The van der Waals surface area contributed by atoms with Gasteiger partial charge in [-0.2, -0.15) is 13.2 Å². The summed E-state index contributed by atoms with van der Waals surface area (Å²) in [6.07, 6.45) is -4.63. The maximum atomic E-state index is 12.8. The Hall–Kier alpha value is -1.99. The molecule has 0 unspecified atom stereocenters. The molecule has 0 saturated heterocycles. The summed E-state index contributed by atoms with van der Waals surface area (Å²) in [5, 5.41) is 13.2. The minimum absolute atomic E-state index is 0.0759. The van der Waals surface area contributed by atoms with Crippen LogP contribution in [-0.2, 0) is 0 Å². The number of ether oxygens (including phenoxy) is 1. The van der Waals surface area contributed by atoms with Gasteiger partial charge < -0.3 is 10.1 Å². The van der Waals surface area contributed by atoms with Crippen molar-refractivity contribution in [2.24, 2.45) is 0 Å². The Kier molecular flexibility index (Phi) is 3.03. The highest BCUT2D eigenvalue weighted by Gasteiger charge is 2.64. The SMILES string of the molecule is COc1cccc(NC2(C(F)(F)F)CC2)c1[N+](=O)[O-]. The second-order valence-electron chi connectivity index (χ2n) is 4.32. The molecule has 0 atom stereocenters. The Bertz CT molecular complexity index is 512. The Morgan fingerprint density at radius 3 is 2.47 bits per heavy atom. The number of hydrogen-bond donors (Lipinski definition) is 1. The summed E-state index contributed by atoms with van der Waals surface area (Å²) in [7, 11) is 1.22. The molecule has 1 aliphatic rings. The number of nitro benzene ring substituents is 1. The van der Waals surface area contributed by atoms with Gasteiger partial charge in [-0.3, -0.25) is 10.1 Å². The van der Waals surface area contributed by atoms with Crippen molar-refractivity contribution in [3.8, 4) is 5.75 Å². The van der Waals surface area contributed by atoms with E-state index in [1.54, 1.807) is 0 Å². The van der Waals surface area contributed by atoms with Gasteiger partial charge in [-0.25, -0.2) is 0 Å². The second kappa shape index (κ2) is 4.29. The lowest BCUT2D eigenvalue weighted by atomic mass is 10.2. The van der Waals surface area contributed by atoms with Crippen LogP contribution in [0.2, 0.25) is 0 Å². The number of benzene rings is 1. The summed E-state index contributed by atoms with van der Waals surface area (Å²) in [6.45, 7) is 0. The van der Waals surface area contributed by atoms with E-state index in [2.05, 4.69) is 5.32 Å². The van der Waals surface area contributed by atoms with E-state index >= 15 is 0 Å². The van der Waals surface area contributed by atoms with E-state index in [-0.39, 0.29) is 24.3 Å². The molecule has 0 aromatic heterocycles. The molecule has 0 heterocycles. The molecule has 1 N–H and O–H groups in total. The first kappa shape index (κ1) is 13.4. The normalized spacial score (nSPS) is 16.8. The molecule has 104 valence electrons. The Morgan fingerprint density at radius 1 is 1.42 bits per heavy atom. The molecular weight excluding hydrogens is 265 g/mol. The number of nitrogens with zero attached hydrogens (tertiary/aromatic N) is 1. The first-order valence-electron chi connectivity index (χ1n) is 5.47. The quantitative estimate of drug-likeness (QED) is 0.678. The van der Waals surface area contributed by atoms with Gasteiger partial charge in [0, 0.05) is 0 Å². The zero-order chi connectivity index (χ0) is 14.3. The van der Waals surface area contributed by atoms with Crippen molar-refractivity contribution in [3.05, 3.63) is 28.3 Å². The third kappa shape index (κ3) is 2.29. The summed E-state index contributed by atoms with van der Waals surface area (Å²) in [5.74, 6) is -0.0759. The molecule has 0 amide bonds. The van der Waals surface area contributed by atoms with Crippen LogP contribution in [-0.4, -0.2) is 23.7 Å². The standard InChI is InChI=1S/C11H11F3N2O3/c1-19-8-4-2-3-7(9(8)16(17)18)15-10(5-6-10)11(12,13)14/h2-4,15H,5-6H2,1H3. The van der Waals surface area contributed by atoms with Crippen molar-refractivity contribution < 1.29 is 22.8 Å². The van der Waals surface area contributed by atoms with Crippen LogP contribution >= 0.6 is 0 Å². The van der Waals surface area contributed by atoms with E-state index in [9.17, 15) is 23.3 Å². The van der Waals surface area contributed by atoms with E-state index in [1.807, 2.05) is 0 Å². The number of alkyl halides is 3. The lowest BCUT2D eigenvalue weighted by molar-refractivity contribution is -0.384. The highest BCUT2D eigenvalue weighted by Crippen LogP contribution is 2.52. The summed E-state index contributed by atoms with van der Waals surface area (Å²) in [5.41, 5.74) is -2.72. The monoisotopic (exact) mass is 276 g/mol. The molecule has 1 aliphatic carbocycles. The van der Waals surface area contributed by atoms with Crippen LogP contribution in [0.4, 0.5) is 24.5 Å². The van der Waals surface area contributed by atoms with Gasteiger partial charge in [-0.15, -0.1) is 0 Å². The number of methoxy groups -OCH3 is 1. The molecule has 2 rings (SSSR count). The number of nitrogens with one attached hydrogen (secondary N) is 1. The molecule has 0 radical (unpaired) electrons. The third-order valence-electron chi connectivity index (χ3n) is 3.07. The number of para-hydroxylation sites is 1. The van der Waals surface area contributed by atoms with Crippen molar-refractivity contribution >= 4 is 11.4 Å². The van der Waals surface area contributed by atoms with E-state index in [4.69, 9.17) is 4.74 Å². The summed E-state index contributed by atoms with van der Waals surface area (Å²) in [4.78, 5) is 10.2. The highest BCUT2D eigenvalue weighted by atomic mass is 19.4. The van der Waals surface area contributed by atoms with Crippen molar-refractivity contribution in [3.63, 3.8) is 0 Å². The molecular formula is C11H11F3N2O3. The Labute approximate surface area is 106 Å². The van der Waals surface area contributed by atoms with Gasteiger partial charge in [0.2, 0.25) is 0 Å². The first-order chi connectivity index (χ1) is 8.81. The van der Waals surface area contributed by atoms with E-state index in [0.29, 0.717) is 0 Å². The van der Waals surface area contributed by atoms with Crippen molar-refractivity contribution in [2.45, 2.75) is 24.6 Å². The Morgan fingerprint density at radius 2 is 2.05 bits per heavy atom. The number of halogens is 3. The first-order valence-corrected chi connectivity index (χ1v) is 5.47. The maximum absolute atomic E-state index is 12.8. The molecule has 1 saturated carbocycles. The third-order valence-corrected chi connectivity index (χ3v) is 3.07. The van der Waals surface area contributed by atoms with Gasteiger partial charge in [0.15, 0.2) is 5.75 Å². The molecule has 0 aliphatic heterocycles. The molecule has 1 aromatic rings. The largest absolute Gasteiger partial charge is 0.490 e. The molecule has 1 fully saturated rings. The molecule has 0 bridgehead atoms. The average molecular weight is 276 g/mol. The fourth-order valence-electron chi connectivity index (χ4n) is 1.84. The van der Waals surface area contributed by atoms with E-state index < -0.39 is 22.3 Å². The van der Waals surface area contributed by atoms with Crippen LogP contribution < -0.4 is 10.1 Å². The fourth-order valence-corrected chi connectivity index (χ4v) is 1.84. The number of hydrogen-bond acceptors (Lipinski definition) is 4. The van der Waals surface area contributed by atoms with Gasteiger partial charge >= 0.3 is 11.9 Å². The molecule has 5 nitrogen and oxygen atoms in total. The van der Waals surface area contributed by atoms with Gasteiger partial charge in [0.25, 0.3) is 0 Å². The van der Waals surface area contributed by atoms with Crippen molar-refractivity contribution in [1.82, 2.24) is 0 Å². The fraction of sp³-hybridized carbons (Fsp3) is 0.455. The smallest absolute Gasteiger partial charge is 0.411 e. The van der Waals surface area contributed by atoms with Crippen LogP contribution in [0, 0.1) is 10.1 Å². The van der Waals surface area contributed by atoms with Crippen LogP contribution in [0.3, 0.4) is 0 Å². The molecule has 8 heteroatoms. The lowest BCUT2D eigenvalue weighted by Crippen LogP contribution is -2.38. The van der Waals surface area contributed by atoms with Crippen molar-refractivity contribution in [1.29, 1.82) is 0 Å². The van der Waals surface area contributed by atoms with Crippen LogP contribution in [0.1, 0.15) is 12.8 Å². The van der Waals surface area contributed by atoms with Gasteiger partial charge in [-0.05, 0) is 25.0 Å². The maximum Gasteiger partial charge on any atom is 0.411 e. The van der Waals surface area contributed by atoms with Crippen LogP contribution in [0.25, 0.3) is 0 Å². The van der Waals surface area contributed by atoms with Crippen molar-refractivity contribution in [2.75, 3.05) is 12.4 Å². The zero-order valence-corrected chi connectivity index (χ0v) is 9.95. The van der Waals surface area contributed by atoms with Gasteiger partial charge in [0.05, 0.1) is 12.0 Å². The predicted molar refractivity (Wildman–Crippen MR) is 61.3 cm³/mol. The molecule has 1 aromatic carbocycles. The lowest BCUT2D eigenvalue weighted by Gasteiger charge is -2.22. The van der Waals surface area contributed by atoms with Gasteiger partial charge in [-0.1, -0.05) is 6.07 Å². The summed E-state index contributed by atoms with van der Waals surface area (Å²) in [6, 6.07) is 3.98. The number of nitro groups is 1. The predicted octanol–water partition coefficient (Wildman–Crippen LogP) is 3.11. The average Bonchev–Trinajstić information content (AvgIpc) is 3.08. The zero-order valence-electron chi connectivity index (χ0n) is 9.95. The number of rotatable bonds is 4. The summed E-state index contributed by atoms with van der Waals surface area (Å²) < 4.78 is 43.3. The van der Waals surface area contributed by atoms with Crippen LogP contribution in [0.15, 0.2) is 18.2 Å². The minimum atomic E-state index is -4.44. The molecule has 0 spiro atoms. The van der Waals surface area contributed by atoms with Gasteiger partial charge in [0.1, 0.15) is 11.2 Å². The minimum Gasteiger partial charge on any atom is -0.490 e. The van der Waals surface area contributed by atoms with E-state index in [0.717, 1.165) is 0 Å². The Balaban J connectivity index is 2.39. The molecule has 19 heavy (non-hydrogen) atoms. The summed E-state index contributed by atoms with van der Waals surface area (Å²) >= 11 is 0. The van der Waals surface area contributed by atoms with Crippen LogP contribution in [0.5, 0.6) is 5.75 Å². The number of anilines is 1.